The Morgan fingerprint density at radius 2 is 1.73 bits per heavy atom. The number of aryl methyl sites for hydroxylation is 1. The summed E-state index contributed by atoms with van der Waals surface area (Å²) in [5, 5.41) is 11.4. The summed E-state index contributed by atoms with van der Waals surface area (Å²) in [5.74, 6) is 0.462. The Hall–Kier alpha value is -2.80. The Morgan fingerprint density at radius 1 is 1.09 bits per heavy atom. The van der Waals surface area contributed by atoms with E-state index in [-0.39, 0.29) is 12.5 Å². The molecule has 0 aliphatic rings. The number of nitrogens with one attached hydrogen (secondary N) is 1. The molecule has 0 unspecified atom stereocenters. The minimum Gasteiger partial charge on any atom is -0.484 e. The number of hydrogen-bond donors (Lipinski definition) is 1. The fourth-order valence-corrected chi connectivity index (χ4v) is 1.96. The molecule has 0 saturated heterocycles. The fourth-order valence-electron chi connectivity index (χ4n) is 1.96. The highest BCUT2D eigenvalue weighted by atomic mass is 16.5. The van der Waals surface area contributed by atoms with Gasteiger partial charge in [-0.2, -0.15) is 5.26 Å². The largest absolute Gasteiger partial charge is 0.484 e. The van der Waals surface area contributed by atoms with Crippen molar-refractivity contribution in [2.24, 2.45) is 0 Å². The van der Waals surface area contributed by atoms with Crippen molar-refractivity contribution in [1.82, 2.24) is 0 Å². The average Bonchev–Trinajstić information content (AvgIpc) is 2.55. The molecule has 112 valence electrons. The van der Waals surface area contributed by atoms with Crippen LogP contribution in [0.15, 0.2) is 48.5 Å². The standard InChI is InChI=1S/C18H18N2O2/c1-2-14-5-9-17(10-6-14)22-13-18(21)20-16-7-3-15(4-8-16)11-12-19/h3-10H,2,11,13H2,1H3,(H,20,21). The Morgan fingerprint density at radius 3 is 2.32 bits per heavy atom. The first-order chi connectivity index (χ1) is 10.7. The van der Waals surface area contributed by atoms with Crippen molar-refractivity contribution in [1.29, 1.82) is 5.26 Å². The van der Waals surface area contributed by atoms with Gasteiger partial charge in [-0.15, -0.1) is 0 Å². The van der Waals surface area contributed by atoms with Crippen LogP contribution in [0.5, 0.6) is 5.75 Å². The maximum atomic E-state index is 11.8. The quantitative estimate of drug-likeness (QED) is 0.888. The number of rotatable bonds is 6. The Bertz CT molecular complexity index is 655. The summed E-state index contributed by atoms with van der Waals surface area (Å²) >= 11 is 0. The smallest absolute Gasteiger partial charge is 0.262 e. The van der Waals surface area contributed by atoms with Crippen LogP contribution in [0.3, 0.4) is 0 Å². The van der Waals surface area contributed by atoms with Crippen molar-refractivity contribution in [3.05, 3.63) is 59.7 Å². The van der Waals surface area contributed by atoms with Gasteiger partial charge in [0.1, 0.15) is 5.75 Å². The fraction of sp³-hybridized carbons (Fsp3) is 0.222. The van der Waals surface area contributed by atoms with Gasteiger partial charge in [0.25, 0.3) is 5.91 Å². The van der Waals surface area contributed by atoms with E-state index in [9.17, 15) is 4.79 Å². The highest BCUT2D eigenvalue weighted by molar-refractivity contribution is 5.91. The molecule has 0 aliphatic heterocycles. The van der Waals surface area contributed by atoms with Gasteiger partial charge in [0.15, 0.2) is 6.61 Å². The second-order valence-electron chi connectivity index (χ2n) is 4.87. The molecule has 0 heterocycles. The summed E-state index contributed by atoms with van der Waals surface area (Å²) < 4.78 is 5.45. The molecule has 2 aromatic carbocycles. The van der Waals surface area contributed by atoms with Crippen molar-refractivity contribution < 1.29 is 9.53 Å². The number of hydrogen-bond acceptors (Lipinski definition) is 3. The normalized spacial score (nSPS) is 9.82. The van der Waals surface area contributed by atoms with Crippen LogP contribution in [0.1, 0.15) is 18.1 Å². The van der Waals surface area contributed by atoms with Crippen LogP contribution >= 0.6 is 0 Å². The van der Waals surface area contributed by atoms with E-state index in [0.717, 1.165) is 12.0 Å². The summed E-state index contributed by atoms with van der Waals surface area (Å²) in [4.78, 5) is 11.8. The first-order valence-electron chi connectivity index (χ1n) is 7.18. The molecule has 0 aliphatic carbocycles. The van der Waals surface area contributed by atoms with Gasteiger partial charge in [0, 0.05) is 5.69 Å². The van der Waals surface area contributed by atoms with Gasteiger partial charge in [0.05, 0.1) is 12.5 Å². The lowest BCUT2D eigenvalue weighted by molar-refractivity contribution is -0.118. The molecule has 2 rings (SSSR count). The molecule has 1 amide bonds. The van der Waals surface area contributed by atoms with Crippen LogP contribution in [0, 0.1) is 11.3 Å². The molecule has 0 spiro atoms. The lowest BCUT2D eigenvalue weighted by Gasteiger charge is -2.08. The summed E-state index contributed by atoms with van der Waals surface area (Å²) in [6.07, 6.45) is 1.34. The van der Waals surface area contributed by atoms with Crippen LogP contribution in [-0.4, -0.2) is 12.5 Å². The van der Waals surface area contributed by atoms with E-state index in [0.29, 0.717) is 17.9 Å². The molecule has 4 heteroatoms. The van der Waals surface area contributed by atoms with Crippen LogP contribution in [0.2, 0.25) is 0 Å². The third-order valence-electron chi connectivity index (χ3n) is 3.22. The number of benzene rings is 2. The number of ether oxygens (including phenoxy) is 1. The Balaban J connectivity index is 1.83. The zero-order chi connectivity index (χ0) is 15.8. The lowest BCUT2D eigenvalue weighted by Crippen LogP contribution is -2.20. The van der Waals surface area contributed by atoms with Crippen molar-refractivity contribution in [3.8, 4) is 11.8 Å². The van der Waals surface area contributed by atoms with E-state index >= 15 is 0 Å². The van der Waals surface area contributed by atoms with Crippen LogP contribution in [0.25, 0.3) is 0 Å². The first kappa shape index (κ1) is 15.6. The summed E-state index contributed by atoms with van der Waals surface area (Å²) in [6.45, 7) is 2.05. The van der Waals surface area contributed by atoms with Crippen LogP contribution in [-0.2, 0) is 17.6 Å². The molecular formula is C18H18N2O2. The molecule has 0 radical (unpaired) electrons. The maximum Gasteiger partial charge on any atom is 0.262 e. The molecule has 4 nitrogen and oxygen atoms in total. The monoisotopic (exact) mass is 294 g/mol. The molecule has 0 fully saturated rings. The number of amides is 1. The summed E-state index contributed by atoms with van der Waals surface area (Å²) in [6, 6.07) is 17.0. The van der Waals surface area contributed by atoms with Crippen molar-refractivity contribution >= 4 is 11.6 Å². The van der Waals surface area contributed by atoms with Gasteiger partial charge in [-0.25, -0.2) is 0 Å². The van der Waals surface area contributed by atoms with Gasteiger partial charge in [-0.1, -0.05) is 31.2 Å². The molecule has 0 saturated carbocycles. The van der Waals surface area contributed by atoms with Crippen molar-refractivity contribution in [3.63, 3.8) is 0 Å². The second kappa shape index (κ2) is 7.84. The lowest BCUT2D eigenvalue weighted by atomic mass is 10.1. The number of carbonyl (C=O) groups is 1. The zero-order valence-corrected chi connectivity index (χ0v) is 12.5. The van der Waals surface area contributed by atoms with Crippen LogP contribution in [0.4, 0.5) is 5.69 Å². The average molecular weight is 294 g/mol. The summed E-state index contributed by atoms with van der Waals surface area (Å²) in [7, 11) is 0. The zero-order valence-electron chi connectivity index (χ0n) is 12.5. The number of nitriles is 1. The molecule has 0 bridgehead atoms. The van der Waals surface area contributed by atoms with E-state index in [1.165, 1.54) is 5.56 Å². The van der Waals surface area contributed by atoms with Crippen LogP contribution < -0.4 is 10.1 Å². The Labute approximate surface area is 130 Å². The van der Waals surface area contributed by atoms with E-state index in [1.807, 2.05) is 36.4 Å². The topological polar surface area (TPSA) is 62.1 Å². The van der Waals surface area contributed by atoms with E-state index in [4.69, 9.17) is 10.00 Å². The Kier molecular flexibility index (Phi) is 5.56. The first-order valence-corrected chi connectivity index (χ1v) is 7.18. The predicted molar refractivity (Wildman–Crippen MR) is 85.7 cm³/mol. The number of nitrogens with zero attached hydrogens (tertiary/aromatic N) is 1. The summed E-state index contributed by atoms with van der Waals surface area (Å²) in [5.41, 5.74) is 2.85. The number of carbonyl (C=O) groups excluding carboxylic acids is 1. The highest BCUT2D eigenvalue weighted by Gasteiger charge is 2.04. The van der Waals surface area contributed by atoms with Gasteiger partial charge in [-0.05, 0) is 41.8 Å². The van der Waals surface area contributed by atoms with Gasteiger partial charge in [0.2, 0.25) is 0 Å². The molecule has 1 N–H and O–H groups in total. The van der Waals surface area contributed by atoms with E-state index < -0.39 is 0 Å². The van der Waals surface area contributed by atoms with Gasteiger partial charge < -0.3 is 10.1 Å². The van der Waals surface area contributed by atoms with E-state index in [2.05, 4.69) is 18.3 Å². The molecular weight excluding hydrogens is 276 g/mol. The van der Waals surface area contributed by atoms with E-state index in [1.54, 1.807) is 12.1 Å². The minimum absolute atomic E-state index is 0.0363. The molecule has 22 heavy (non-hydrogen) atoms. The highest BCUT2D eigenvalue weighted by Crippen LogP contribution is 2.13. The third-order valence-corrected chi connectivity index (χ3v) is 3.22. The van der Waals surface area contributed by atoms with Crippen molar-refractivity contribution in [2.75, 3.05) is 11.9 Å². The van der Waals surface area contributed by atoms with Gasteiger partial charge in [-0.3, -0.25) is 4.79 Å². The SMILES string of the molecule is CCc1ccc(OCC(=O)Nc2ccc(CC#N)cc2)cc1. The van der Waals surface area contributed by atoms with Crippen molar-refractivity contribution in [2.45, 2.75) is 19.8 Å². The number of anilines is 1. The third kappa shape index (κ3) is 4.64. The minimum atomic E-state index is -0.215. The molecule has 2 aromatic rings. The van der Waals surface area contributed by atoms with Gasteiger partial charge >= 0.3 is 0 Å². The molecule has 0 atom stereocenters. The molecule has 0 aromatic heterocycles. The maximum absolute atomic E-state index is 11.8. The second-order valence-corrected chi connectivity index (χ2v) is 4.87. The predicted octanol–water partition coefficient (Wildman–Crippen LogP) is 3.33.